The van der Waals surface area contributed by atoms with Gasteiger partial charge in [0.2, 0.25) is 0 Å². The van der Waals surface area contributed by atoms with Crippen molar-refractivity contribution in [1.29, 1.82) is 0 Å². The molecule has 0 fully saturated rings. The molecule has 0 aliphatic carbocycles. The molecule has 0 saturated heterocycles. The first-order chi connectivity index (χ1) is 6.56. The quantitative estimate of drug-likeness (QED) is 0.493. The molecule has 0 saturated carbocycles. The number of aliphatic imine (C=N–C) groups is 1. The molecule has 0 bridgehead atoms. The number of amidine groups is 1. The zero-order valence-corrected chi connectivity index (χ0v) is 9.62. The van der Waals surface area contributed by atoms with Gasteiger partial charge in [0.05, 0.1) is 0 Å². The lowest BCUT2D eigenvalue weighted by Crippen LogP contribution is -2.17. The van der Waals surface area contributed by atoms with Crippen molar-refractivity contribution in [3.8, 4) is 0 Å². The number of nitrogens with zero attached hydrogens (tertiary/aromatic N) is 2. The zero-order valence-electron chi connectivity index (χ0n) is 9.62. The second-order valence-electron chi connectivity index (χ2n) is 3.40. The Morgan fingerprint density at radius 2 is 1.79 bits per heavy atom. The molecule has 2 heteroatoms. The van der Waals surface area contributed by atoms with E-state index in [1.165, 1.54) is 5.57 Å². The molecule has 2 nitrogen and oxygen atoms in total. The van der Waals surface area contributed by atoms with Gasteiger partial charge < -0.3 is 4.90 Å². The number of hydrogen-bond donors (Lipinski definition) is 0. The van der Waals surface area contributed by atoms with Crippen molar-refractivity contribution < 1.29 is 0 Å². The third-order valence-electron chi connectivity index (χ3n) is 2.15. The van der Waals surface area contributed by atoms with Crippen LogP contribution in [0.4, 0.5) is 0 Å². The Labute approximate surface area is 87.3 Å². The molecule has 0 heterocycles. The van der Waals surface area contributed by atoms with E-state index in [4.69, 9.17) is 0 Å². The third-order valence-corrected chi connectivity index (χ3v) is 2.15. The standard InChI is InChI=1S/C12H20N2/c1-7-14(8-2)12(13-6)9-11(5)10(3)4/h7-10H,1-2H2,3-6H3/b11-9+,13-12?. The molecule has 14 heavy (non-hydrogen) atoms. The summed E-state index contributed by atoms with van der Waals surface area (Å²) >= 11 is 0. The van der Waals surface area contributed by atoms with Crippen molar-refractivity contribution in [3.05, 3.63) is 37.2 Å². The predicted octanol–water partition coefficient (Wildman–Crippen LogP) is 3.21. The van der Waals surface area contributed by atoms with Crippen LogP contribution in [-0.2, 0) is 0 Å². The van der Waals surface area contributed by atoms with Crippen LogP contribution in [0.3, 0.4) is 0 Å². The molecule has 0 aromatic carbocycles. The molecular formula is C12H20N2. The van der Waals surface area contributed by atoms with Crippen LogP contribution in [0.5, 0.6) is 0 Å². The number of allylic oxidation sites excluding steroid dienone is 1. The van der Waals surface area contributed by atoms with E-state index in [0.717, 1.165) is 5.84 Å². The van der Waals surface area contributed by atoms with Crippen LogP contribution < -0.4 is 0 Å². The van der Waals surface area contributed by atoms with E-state index >= 15 is 0 Å². The van der Waals surface area contributed by atoms with Gasteiger partial charge in [-0.2, -0.15) is 0 Å². The number of rotatable bonds is 4. The molecule has 0 rings (SSSR count). The second kappa shape index (κ2) is 6.19. The van der Waals surface area contributed by atoms with Crippen LogP contribution in [0, 0.1) is 5.92 Å². The van der Waals surface area contributed by atoms with Crippen LogP contribution in [0.15, 0.2) is 42.2 Å². The lowest BCUT2D eigenvalue weighted by molar-refractivity contribution is 0.747. The van der Waals surface area contributed by atoms with E-state index in [2.05, 4.69) is 38.9 Å². The Balaban J connectivity index is 4.84. The zero-order chi connectivity index (χ0) is 11.1. The maximum Gasteiger partial charge on any atom is 0.131 e. The Hall–Kier alpha value is -1.31. The Bertz CT molecular complexity index is 251. The van der Waals surface area contributed by atoms with Crippen LogP contribution in [0.1, 0.15) is 20.8 Å². The fourth-order valence-corrected chi connectivity index (χ4v) is 0.886. The minimum atomic E-state index is 0.531. The largest absolute Gasteiger partial charge is 0.310 e. The fourth-order valence-electron chi connectivity index (χ4n) is 0.886. The van der Waals surface area contributed by atoms with Gasteiger partial charge in [0.25, 0.3) is 0 Å². The van der Waals surface area contributed by atoms with E-state index in [1.807, 2.05) is 6.08 Å². The Morgan fingerprint density at radius 3 is 2.07 bits per heavy atom. The second-order valence-corrected chi connectivity index (χ2v) is 3.40. The van der Waals surface area contributed by atoms with Crippen LogP contribution in [0.25, 0.3) is 0 Å². The molecule has 0 aliphatic heterocycles. The van der Waals surface area contributed by atoms with E-state index in [1.54, 1.807) is 24.3 Å². The molecule has 0 radical (unpaired) electrons. The summed E-state index contributed by atoms with van der Waals surface area (Å²) in [5.41, 5.74) is 1.29. The Morgan fingerprint density at radius 1 is 1.29 bits per heavy atom. The van der Waals surface area contributed by atoms with Crippen molar-refractivity contribution in [3.63, 3.8) is 0 Å². The summed E-state index contributed by atoms with van der Waals surface area (Å²) in [6.07, 6.45) is 5.44. The first-order valence-corrected chi connectivity index (χ1v) is 4.75. The summed E-state index contributed by atoms with van der Waals surface area (Å²) in [6.45, 7) is 13.8. The summed E-state index contributed by atoms with van der Waals surface area (Å²) in [7, 11) is 1.76. The topological polar surface area (TPSA) is 15.6 Å². The minimum absolute atomic E-state index is 0.531. The van der Waals surface area contributed by atoms with Crippen molar-refractivity contribution in [1.82, 2.24) is 4.90 Å². The molecule has 0 atom stereocenters. The highest BCUT2D eigenvalue weighted by atomic mass is 15.1. The van der Waals surface area contributed by atoms with Crippen molar-refractivity contribution in [2.45, 2.75) is 20.8 Å². The molecule has 0 spiro atoms. The van der Waals surface area contributed by atoms with E-state index in [9.17, 15) is 0 Å². The van der Waals surface area contributed by atoms with Gasteiger partial charge in [0.15, 0.2) is 0 Å². The first-order valence-electron chi connectivity index (χ1n) is 4.75. The van der Waals surface area contributed by atoms with Gasteiger partial charge in [-0.3, -0.25) is 4.99 Å². The summed E-state index contributed by atoms with van der Waals surface area (Å²) in [5.74, 6) is 1.39. The Kier molecular flexibility index (Phi) is 5.61. The average molecular weight is 192 g/mol. The van der Waals surface area contributed by atoms with Gasteiger partial charge >= 0.3 is 0 Å². The molecule has 0 aromatic heterocycles. The molecule has 0 unspecified atom stereocenters. The SMILES string of the molecule is C=CN(C=C)C(/C=C(\C)C(C)C)=NC. The van der Waals surface area contributed by atoms with Gasteiger partial charge in [0.1, 0.15) is 5.84 Å². The van der Waals surface area contributed by atoms with Crippen molar-refractivity contribution >= 4 is 5.84 Å². The molecule has 78 valence electrons. The molecule has 0 aliphatic rings. The summed E-state index contributed by atoms with van der Waals surface area (Å²) in [6, 6.07) is 0. The van der Waals surface area contributed by atoms with Gasteiger partial charge in [0, 0.05) is 19.4 Å². The van der Waals surface area contributed by atoms with E-state index < -0.39 is 0 Å². The van der Waals surface area contributed by atoms with E-state index in [0.29, 0.717) is 5.92 Å². The summed E-state index contributed by atoms with van der Waals surface area (Å²) in [5, 5.41) is 0. The summed E-state index contributed by atoms with van der Waals surface area (Å²) in [4.78, 5) is 5.97. The monoisotopic (exact) mass is 192 g/mol. The first kappa shape index (κ1) is 12.7. The normalized spacial score (nSPS) is 12.9. The highest BCUT2D eigenvalue weighted by Crippen LogP contribution is 2.09. The van der Waals surface area contributed by atoms with Gasteiger partial charge in [-0.25, -0.2) is 0 Å². The van der Waals surface area contributed by atoms with Crippen LogP contribution in [-0.4, -0.2) is 17.8 Å². The van der Waals surface area contributed by atoms with Gasteiger partial charge in [-0.15, -0.1) is 0 Å². The van der Waals surface area contributed by atoms with Crippen molar-refractivity contribution in [2.24, 2.45) is 10.9 Å². The van der Waals surface area contributed by atoms with E-state index in [-0.39, 0.29) is 0 Å². The van der Waals surface area contributed by atoms with Crippen LogP contribution in [0.2, 0.25) is 0 Å². The molecule has 0 N–H and O–H groups in total. The lowest BCUT2D eigenvalue weighted by atomic mass is 10.0. The maximum atomic E-state index is 4.18. The predicted molar refractivity (Wildman–Crippen MR) is 64.2 cm³/mol. The highest BCUT2D eigenvalue weighted by Gasteiger charge is 2.02. The molecule has 0 amide bonds. The fraction of sp³-hybridized carbons (Fsp3) is 0.417. The van der Waals surface area contributed by atoms with Gasteiger partial charge in [-0.05, 0) is 18.9 Å². The smallest absolute Gasteiger partial charge is 0.131 e. The van der Waals surface area contributed by atoms with Crippen molar-refractivity contribution in [2.75, 3.05) is 7.05 Å². The summed E-state index contributed by atoms with van der Waals surface area (Å²) < 4.78 is 0. The highest BCUT2D eigenvalue weighted by molar-refractivity contribution is 5.94. The molecule has 0 aromatic rings. The third kappa shape index (κ3) is 3.60. The van der Waals surface area contributed by atoms with Crippen LogP contribution >= 0.6 is 0 Å². The van der Waals surface area contributed by atoms with Gasteiger partial charge in [-0.1, -0.05) is 32.6 Å². The lowest BCUT2D eigenvalue weighted by Gasteiger charge is -2.15. The molecular weight excluding hydrogens is 172 g/mol. The minimum Gasteiger partial charge on any atom is -0.310 e. The number of hydrogen-bond acceptors (Lipinski definition) is 1. The maximum absolute atomic E-state index is 4.18. The average Bonchev–Trinajstić information content (AvgIpc) is 2.17.